The van der Waals surface area contributed by atoms with Gasteiger partial charge in [-0.1, -0.05) is 19.4 Å². The van der Waals surface area contributed by atoms with E-state index in [1.807, 2.05) is 6.92 Å². The molecule has 9 heteroatoms. The Morgan fingerprint density at radius 2 is 1.59 bits per heavy atom. The van der Waals surface area contributed by atoms with Gasteiger partial charge in [0.15, 0.2) is 23.0 Å². The summed E-state index contributed by atoms with van der Waals surface area (Å²) in [5.74, 6) is 1.92. The smallest absolute Gasteiger partial charge is 0.343 e. The minimum absolute atomic E-state index is 0.201. The molecule has 0 bridgehead atoms. The Morgan fingerprint density at radius 1 is 0.872 bits per heavy atom. The molecule has 0 N–H and O–H groups in total. The molecule has 5 rings (SSSR count). The minimum Gasteiger partial charge on any atom is -0.493 e. The summed E-state index contributed by atoms with van der Waals surface area (Å²) < 4.78 is 39.0. The number of esters is 1. The number of fused-ring (bicyclic) bond motifs is 2. The van der Waals surface area contributed by atoms with E-state index in [-0.39, 0.29) is 11.0 Å². The summed E-state index contributed by atoms with van der Waals surface area (Å²) in [6.45, 7) is 2.93. The molecule has 0 amide bonds. The maximum atomic E-state index is 13.5. The molecule has 0 spiro atoms. The molecule has 0 atom stereocenters. The predicted molar refractivity (Wildman–Crippen MR) is 144 cm³/mol. The van der Waals surface area contributed by atoms with Crippen LogP contribution in [-0.4, -0.2) is 40.5 Å². The van der Waals surface area contributed by atoms with Crippen molar-refractivity contribution in [2.45, 2.75) is 19.8 Å². The molecule has 9 nitrogen and oxygen atoms in total. The monoisotopic (exact) mass is 532 g/mol. The van der Waals surface area contributed by atoms with Crippen LogP contribution >= 0.6 is 0 Å². The molecule has 3 aromatic carbocycles. The number of hydrogen-bond acceptors (Lipinski definition) is 9. The van der Waals surface area contributed by atoms with Gasteiger partial charge < -0.3 is 32.8 Å². The van der Waals surface area contributed by atoms with E-state index in [1.165, 1.54) is 39.7 Å². The Hall–Kier alpha value is -4.66. The minimum atomic E-state index is -0.624. The molecule has 0 unspecified atom stereocenters. The van der Waals surface area contributed by atoms with E-state index in [0.717, 1.165) is 6.42 Å². The number of hydrogen-bond donors (Lipinski definition) is 0. The maximum absolute atomic E-state index is 13.5. The zero-order chi connectivity index (χ0) is 27.5. The van der Waals surface area contributed by atoms with Gasteiger partial charge in [0.25, 0.3) is 0 Å². The van der Waals surface area contributed by atoms with Crippen LogP contribution < -0.4 is 33.8 Å². The van der Waals surface area contributed by atoms with Crippen LogP contribution in [0.1, 0.15) is 29.3 Å². The molecule has 1 aromatic heterocycles. The van der Waals surface area contributed by atoms with E-state index in [2.05, 4.69) is 0 Å². The fourth-order valence-corrected chi connectivity index (χ4v) is 4.53. The lowest BCUT2D eigenvalue weighted by molar-refractivity contribution is 0.0732. The first kappa shape index (κ1) is 26.0. The highest BCUT2D eigenvalue weighted by Crippen LogP contribution is 2.39. The lowest BCUT2D eigenvalue weighted by Crippen LogP contribution is -2.15. The van der Waals surface area contributed by atoms with Crippen LogP contribution in [0.5, 0.6) is 34.5 Å². The quantitative estimate of drug-likeness (QED) is 0.217. The molecule has 2 heterocycles. The van der Waals surface area contributed by atoms with E-state index in [4.69, 9.17) is 32.8 Å². The van der Waals surface area contributed by atoms with Crippen LogP contribution in [0.3, 0.4) is 0 Å². The first-order valence-electron chi connectivity index (χ1n) is 12.5. The van der Waals surface area contributed by atoms with Gasteiger partial charge in [-0.2, -0.15) is 0 Å². The van der Waals surface area contributed by atoms with Crippen LogP contribution in [0, 0.1) is 0 Å². The van der Waals surface area contributed by atoms with Crippen LogP contribution in [0.4, 0.5) is 0 Å². The first-order chi connectivity index (χ1) is 19.0. The standard InChI is InChI=1S/C30H28O9/c1-5-6-18-11-20-24(38-16-21(28(20)31)17-7-8-22-25(12-17)37-10-9-36-22)15-23(18)39-30(32)19-13-26(33-2)29(35-4)27(14-19)34-3/h7-8,11-16H,5-6,9-10H2,1-4H3. The van der Waals surface area contributed by atoms with Crippen LogP contribution in [-0.2, 0) is 6.42 Å². The third-order valence-corrected chi connectivity index (χ3v) is 6.43. The molecule has 0 saturated carbocycles. The number of carbonyl (C=O) groups excluding carboxylic acids is 1. The van der Waals surface area contributed by atoms with Crippen molar-refractivity contribution in [2.24, 2.45) is 0 Å². The van der Waals surface area contributed by atoms with Crippen molar-refractivity contribution in [2.75, 3.05) is 34.5 Å². The Bertz CT molecular complexity index is 1580. The second-order valence-electron chi connectivity index (χ2n) is 8.85. The van der Waals surface area contributed by atoms with Gasteiger partial charge >= 0.3 is 5.97 Å². The molecule has 4 aromatic rings. The van der Waals surface area contributed by atoms with Crippen molar-refractivity contribution >= 4 is 16.9 Å². The summed E-state index contributed by atoms with van der Waals surface area (Å²) in [5, 5.41) is 0.387. The number of methoxy groups -OCH3 is 3. The van der Waals surface area contributed by atoms with Gasteiger partial charge in [0.2, 0.25) is 11.2 Å². The first-order valence-corrected chi connectivity index (χ1v) is 12.5. The van der Waals surface area contributed by atoms with E-state index in [0.29, 0.717) is 81.8 Å². The highest BCUT2D eigenvalue weighted by molar-refractivity contribution is 5.94. The molecule has 0 saturated heterocycles. The molecule has 0 radical (unpaired) electrons. The predicted octanol–water partition coefficient (Wildman–Crippen LogP) is 5.43. The molecule has 0 fully saturated rings. The number of rotatable bonds is 8. The third kappa shape index (κ3) is 4.95. The summed E-state index contributed by atoms with van der Waals surface area (Å²) in [7, 11) is 4.42. The highest BCUT2D eigenvalue weighted by atomic mass is 16.6. The Morgan fingerprint density at radius 3 is 2.26 bits per heavy atom. The Kier molecular flexibility index (Phi) is 7.31. The fourth-order valence-electron chi connectivity index (χ4n) is 4.53. The zero-order valence-corrected chi connectivity index (χ0v) is 22.1. The molecule has 1 aliphatic heterocycles. The third-order valence-electron chi connectivity index (χ3n) is 6.43. The Balaban J connectivity index is 1.53. The van der Waals surface area contributed by atoms with Gasteiger partial charge in [0, 0.05) is 6.07 Å². The lowest BCUT2D eigenvalue weighted by Gasteiger charge is -2.18. The molecule has 1 aliphatic rings. The zero-order valence-electron chi connectivity index (χ0n) is 22.1. The van der Waals surface area contributed by atoms with Gasteiger partial charge in [0.1, 0.15) is 30.8 Å². The van der Waals surface area contributed by atoms with Crippen molar-refractivity contribution in [3.63, 3.8) is 0 Å². The summed E-state index contributed by atoms with van der Waals surface area (Å²) >= 11 is 0. The van der Waals surface area contributed by atoms with E-state index < -0.39 is 5.97 Å². The van der Waals surface area contributed by atoms with Crippen molar-refractivity contribution in [1.29, 1.82) is 0 Å². The topological polar surface area (TPSA) is 103 Å². The molecule has 202 valence electrons. The second-order valence-corrected chi connectivity index (χ2v) is 8.85. The Labute approximate surface area is 224 Å². The van der Waals surface area contributed by atoms with Gasteiger partial charge in [0.05, 0.1) is 37.8 Å². The number of aryl methyl sites for hydroxylation is 1. The van der Waals surface area contributed by atoms with E-state index >= 15 is 0 Å². The van der Waals surface area contributed by atoms with Crippen molar-refractivity contribution in [3.05, 3.63) is 70.1 Å². The number of ether oxygens (including phenoxy) is 6. The number of carbonyl (C=O) groups is 1. The summed E-state index contributed by atoms with van der Waals surface area (Å²) in [4.78, 5) is 26.7. The molecule has 39 heavy (non-hydrogen) atoms. The van der Waals surface area contributed by atoms with Crippen LogP contribution in [0.25, 0.3) is 22.1 Å². The highest BCUT2D eigenvalue weighted by Gasteiger charge is 2.21. The van der Waals surface area contributed by atoms with Crippen molar-refractivity contribution < 1.29 is 37.6 Å². The molecular weight excluding hydrogens is 504 g/mol. The fraction of sp³-hybridized carbons (Fsp3) is 0.267. The van der Waals surface area contributed by atoms with Gasteiger partial charge in [-0.15, -0.1) is 0 Å². The lowest BCUT2D eigenvalue weighted by atomic mass is 10.0. The second kappa shape index (κ2) is 11.0. The summed E-state index contributed by atoms with van der Waals surface area (Å²) in [6, 6.07) is 11.7. The average molecular weight is 533 g/mol. The largest absolute Gasteiger partial charge is 0.493 e. The van der Waals surface area contributed by atoms with Gasteiger partial charge in [-0.25, -0.2) is 4.79 Å². The normalized spacial score (nSPS) is 12.2. The van der Waals surface area contributed by atoms with Crippen molar-refractivity contribution in [1.82, 2.24) is 0 Å². The van der Waals surface area contributed by atoms with Gasteiger partial charge in [-0.3, -0.25) is 4.79 Å². The number of benzene rings is 3. The molecular formula is C30H28O9. The van der Waals surface area contributed by atoms with E-state index in [1.54, 1.807) is 30.3 Å². The summed E-state index contributed by atoms with van der Waals surface area (Å²) in [6.07, 6.45) is 2.76. The van der Waals surface area contributed by atoms with Crippen molar-refractivity contribution in [3.8, 4) is 45.6 Å². The SMILES string of the molecule is CCCc1cc2c(=O)c(-c3ccc4c(c3)OCCO4)coc2cc1OC(=O)c1cc(OC)c(OC)c(OC)c1. The van der Waals surface area contributed by atoms with Crippen LogP contribution in [0.2, 0.25) is 0 Å². The maximum Gasteiger partial charge on any atom is 0.343 e. The van der Waals surface area contributed by atoms with Gasteiger partial charge in [-0.05, 0) is 47.9 Å². The van der Waals surface area contributed by atoms with E-state index in [9.17, 15) is 9.59 Å². The average Bonchev–Trinajstić information content (AvgIpc) is 2.97. The summed E-state index contributed by atoms with van der Waals surface area (Å²) in [5.41, 5.74) is 2.07. The molecule has 0 aliphatic carbocycles. The van der Waals surface area contributed by atoms with Crippen LogP contribution in [0.15, 0.2) is 57.9 Å².